The fourth-order valence-corrected chi connectivity index (χ4v) is 6.90. The van der Waals surface area contributed by atoms with Crippen molar-refractivity contribution in [2.45, 2.75) is 23.8 Å². The van der Waals surface area contributed by atoms with Gasteiger partial charge in [-0.1, -0.05) is 11.6 Å². The van der Waals surface area contributed by atoms with Crippen molar-refractivity contribution in [2.24, 2.45) is 0 Å². The van der Waals surface area contributed by atoms with Crippen LogP contribution in [0.25, 0.3) is 0 Å². The maximum atomic E-state index is 13.3. The second-order valence-electron chi connectivity index (χ2n) is 9.10. The van der Waals surface area contributed by atoms with E-state index in [4.69, 9.17) is 11.6 Å². The van der Waals surface area contributed by atoms with Crippen molar-refractivity contribution in [2.75, 3.05) is 53.9 Å². The SMILES string of the molecule is O=C(CN1CCCc2cc(Cl)ccc21)N1CCN(c2ccc(S(=O)(=O)Nc3nccs3)cc2)C[C@@H]1CO.[HH].[HH]. The Morgan fingerprint density at radius 2 is 2.00 bits per heavy atom. The van der Waals surface area contributed by atoms with E-state index >= 15 is 0 Å². The molecule has 3 heterocycles. The van der Waals surface area contributed by atoms with E-state index in [0.29, 0.717) is 29.8 Å². The molecule has 2 aromatic carbocycles. The number of aryl methyl sites for hydroxylation is 1. The molecule has 2 aliphatic heterocycles. The molecule has 1 aromatic heterocycles. The third kappa shape index (κ3) is 5.69. The van der Waals surface area contributed by atoms with Crippen LogP contribution in [0.2, 0.25) is 5.02 Å². The molecular formula is C25H32ClN5O4S2. The van der Waals surface area contributed by atoms with E-state index in [0.717, 1.165) is 36.3 Å². The molecule has 1 atom stereocenters. The number of sulfonamides is 1. The topological polar surface area (TPSA) is 106 Å². The first kappa shape index (κ1) is 25.8. The molecule has 0 unspecified atom stereocenters. The number of aliphatic hydroxyl groups is 1. The number of nitrogens with zero attached hydrogens (tertiary/aromatic N) is 4. The van der Waals surface area contributed by atoms with Crippen LogP contribution < -0.4 is 14.5 Å². The zero-order valence-corrected chi connectivity index (χ0v) is 22.5. The van der Waals surface area contributed by atoms with E-state index < -0.39 is 10.0 Å². The fraction of sp³-hybridized carbons (Fsp3) is 0.360. The predicted molar refractivity (Wildman–Crippen MR) is 150 cm³/mol. The van der Waals surface area contributed by atoms with E-state index in [9.17, 15) is 18.3 Å². The number of amides is 1. The third-order valence-corrected chi connectivity index (χ3v) is 9.17. The van der Waals surface area contributed by atoms with Crippen molar-refractivity contribution in [3.63, 3.8) is 0 Å². The minimum Gasteiger partial charge on any atom is -0.394 e. The quantitative estimate of drug-likeness (QED) is 0.451. The molecule has 0 spiro atoms. The average Bonchev–Trinajstić information content (AvgIpc) is 3.40. The van der Waals surface area contributed by atoms with Crippen LogP contribution in [0.15, 0.2) is 58.9 Å². The Morgan fingerprint density at radius 3 is 2.73 bits per heavy atom. The van der Waals surface area contributed by atoms with Gasteiger partial charge in [0.25, 0.3) is 10.0 Å². The Kier molecular flexibility index (Phi) is 7.57. The molecule has 200 valence electrons. The zero-order chi connectivity index (χ0) is 26.0. The van der Waals surface area contributed by atoms with Gasteiger partial charge in [0.2, 0.25) is 5.91 Å². The molecule has 12 heteroatoms. The van der Waals surface area contributed by atoms with E-state index in [1.165, 1.54) is 17.5 Å². The van der Waals surface area contributed by atoms with Crippen LogP contribution in [-0.2, 0) is 21.2 Å². The van der Waals surface area contributed by atoms with Crippen molar-refractivity contribution in [1.29, 1.82) is 0 Å². The normalized spacial score (nSPS) is 18.0. The summed E-state index contributed by atoms with van der Waals surface area (Å²) in [5, 5.41) is 12.8. The Labute approximate surface area is 228 Å². The van der Waals surface area contributed by atoms with Gasteiger partial charge in [0.1, 0.15) is 0 Å². The Morgan fingerprint density at radius 1 is 1.19 bits per heavy atom. The molecule has 1 saturated heterocycles. The number of hydrogen-bond acceptors (Lipinski definition) is 8. The number of carbonyl (C=O) groups is 1. The van der Waals surface area contributed by atoms with Crippen LogP contribution in [0.1, 0.15) is 14.8 Å². The van der Waals surface area contributed by atoms with Crippen molar-refractivity contribution < 1.29 is 21.2 Å². The number of aromatic nitrogens is 1. The average molecular weight is 566 g/mol. The van der Waals surface area contributed by atoms with Gasteiger partial charge < -0.3 is 19.8 Å². The number of hydrogen-bond donors (Lipinski definition) is 2. The number of rotatable bonds is 7. The van der Waals surface area contributed by atoms with Crippen LogP contribution >= 0.6 is 22.9 Å². The number of anilines is 3. The van der Waals surface area contributed by atoms with Gasteiger partial charge in [0.05, 0.1) is 24.1 Å². The summed E-state index contributed by atoms with van der Waals surface area (Å²) in [6.45, 7) is 2.41. The number of nitrogens with one attached hydrogen (secondary N) is 1. The van der Waals surface area contributed by atoms with Gasteiger partial charge in [-0.2, -0.15) is 0 Å². The number of carbonyl (C=O) groups excluding carboxylic acids is 1. The van der Waals surface area contributed by atoms with Crippen molar-refractivity contribution >= 4 is 55.4 Å². The number of halogens is 1. The summed E-state index contributed by atoms with van der Waals surface area (Å²) in [4.78, 5) is 23.3. The second-order valence-corrected chi connectivity index (χ2v) is 12.1. The van der Waals surface area contributed by atoms with Gasteiger partial charge in [-0.05, 0) is 60.9 Å². The Hall–Kier alpha value is -2.86. The largest absolute Gasteiger partial charge is 0.394 e. The highest BCUT2D eigenvalue weighted by Crippen LogP contribution is 2.30. The lowest BCUT2D eigenvalue weighted by Crippen LogP contribution is -2.58. The molecule has 9 nitrogen and oxygen atoms in total. The van der Waals surface area contributed by atoms with Crippen molar-refractivity contribution in [3.05, 3.63) is 64.6 Å². The highest BCUT2D eigenvalue weighted by molar-refractivity contribution is 7.93. The standard InChI is InChI=1S/C25H28ClN5O4S2.2H2/c26-19-3-8-23-18(14-19)2-1-10-30(23)16-24(33)31-12-11-29(15-21(31)17-32)20-4-6-22(7-5-20)37(34,35)28-25-27-9-13-36-25;;/h3-9,13-14,21,32H,1-2,10-12,15-17H2,(H,27,28);2*1H/t21-;;/m1../s1. The molecule has 3 aromatic rings. The lowest BCUT2D eigenvalue weighted by Gasteiger charge is -2.43. The molecule has 0 saturated carbocycles. The highest BCUT2D eigenvalue weighted by atomic mass is 35.5. The van der Waals surface area contributed by atoms with Gasteiger partial charge in [0, 0.05) is 57.0 Å². The second kappa shape index (κ2) is 10.9. The molecule has 2 aliphatic rings. The van der Waals surface area contributed by atoms with Gasteiger partial charge in [0.15, 0.2) is 5.13 Å². The summed E-state index contributed by atoms with van der Waals surface area (Å²) in [7, 11) is -3.73. The number of aliphatic hydroxyl groups excluding tert-OH is 1. The monoisotopic (exact) mass is 565 g/mol. The molecule has 37 heavy (non-hydrogen) atoms. The van der Waals surface area contributed by atoms with Crippen LogP contribution in [0.4, 0.5) is 16.5 Å². The van der Waals surface area contributed by atoms with Gasteiger partial charge >= 0.3 is 0 Å². The first-order valence-electron chi connectivity index (χ1n) is 12.0. The van der Waals surface area contributed by atoms with Gasteiger partial charge in [-0.3, -0.25) is 9.52 Å². The maximum absolute atomic E-state index is 13.3. The first-order valence-corrected chi connectivity index (χ1v) is 14.8. The molecular weight excluding hydrogens is 534 g/mol. The molecule has 1 fully saturated rings. The predicted octanol–water partition coefficient (Wildman–Crippen LogP) is 3.55. The smallest absolute Gasteiger partial charge is 0.263 e. The number of thiazole rings is 1. The van der Waals surface area contributed by atoms with Crippen LogP contribution in [-0.4, -0.2) is 74.7 Å². The van der Waals surface area contributed by atoms with E-state index in [2.05, 4.69) is 19.5 Å². The molecule has 5 rings (SSSR count). The van der Waals surface area contributed by atoms with Crippen LogP contribution in [0.5, 0.6) is 0 Å². The fourth-order valence-electron chi connectivity index (χ4n) is 4.92. The summed E-state index contributed by atoms with van der Waals surface area (Å²) in [6.07, 6.45) is 3.44. The van der Waals surface area contributed by atoms with Crippen LogP contribution in [0, 0.1) is 0 Å². The van der Waals surface area contributed by atoms with E-state index in [1.807, 2.05) is 18.2 Å². The van der Waals surface area contributed by atoms with Gasteiger partial charge in [-0.25, -0.2) is 13.4 Å². The summed E-state index contributed by atoms with van der Waals surface area (Å²) in [6, 6.07) is 12.0. The zero-order valence-electron chi connectivity index (χ0n) is 20.1. The Balaban J connectivity index is 0.00000210. The summed E-state index contributed by atoms with van der Waals surface area (Å²) < 4.78 is 27.7. The summed E-state index contributed by atoms with van der Waals surface area (Å²) >= 11 is 7.36. The van der Waals surface area contributed by atoms with Crippen molar-refractivity contribution in [3.8, 4) is 0 Å². The molecule has 0 bridgehead atoms. The molecule has 2 N–H and O–H groups in total. The third-order valence-electron chi connectivity index (χ3n) is 6.76. The first-order chi connectivity index (χ1) is 17.8. The highest BCUT2D eigenvalue weighted by Gasteiger charge is 2.32. The number of piperazine rings is 1. The molecule has 1 amide bonds. The lowest BCUT2D eigenvalue weighted by atomic mass is 10.0. The van der Waals surface area contributed by atoms with E-state index in [-0.39, 0.29) is 32.8 Å². The van der Waals surface area contributed by atoms with Crippen molar-refractivity contribution in [1.82, 2.24) is 9.88 Å². The molecule has 0 radical (unpaired) electrons. The minimum absolute atomic E-state index is 0. The number of fused-ring (bicyclic) bond motifs is 1. The van der Waals surface area contributed by atoms with Crippen LogP contribution in [0.3, 0.4) is 0 Å². The lowest BCUT2D eigenvalue weighted by molar-refractivity contribution is -0.133. The van der Waals surface area contributed by atoms with E-state index in [1.54, 1.807) is 34.5 Å². The Bertz CT molecular complexity index is 1360. The minimum atomic E-state index is -3.73. The van der Waals surface area contributed by atoms with Gasteiger partial charge in [-0.15, -0.1) is 11.3 Å². The summed E-state index contributed by atoms with van der Waals surface area (Å²) in [5.41, 5.74) is 3.03. The number of benzene rings is 2. The summed E-state index contributed by atoms with van der Waals surface area (Å²) in [5.74, 6) is -0.0174. The molecule has 0 aliphatic carbocycles. The maximum Gasteiger partial charge on any atom is 0.263 e.